The molecule has 7 nitrogen and oxygen atoms in total. The molecule has 2 aliphatic heterocycles. The van der Waals surface area contributed by atoms with Gasteiger partial charge in [0, 0.05) is 25.3 Å². The molecule has 2 fully saturated rings. The highest BCUT2D eigenvalue weighted by Crippen LogP contribution is 2.48. The molecular formula is C22H30O7. The molecule has 3 aliphatic rings. The van der Waals surface area contributed by atoms with E-state index in [4.69, 9.17) is 18.9 Å². The van der Waals surface area contributed by atoms with Crippen molar-refractivity contribution in [1.29, 1.82) is 0 Å². The fourth-order valence-electron chi connectivity index (χ4n) is 4.11. The van der Waals surface area contributed by atoms with Crippen LogP contribution in [0, 0.1) is 11.8 Å². The quantitative estimate of drug-likeness (QED) is 0.233. The first kappa shape index (κ1) is 21.6. The van der Waals surface area contributed by atoms with Crippen LogP contribution in [-0.4, -0.2) is 47.9 Å². The van der Waals surface area contributed by atoms with E-state index in [2.05, 4.69) is 6.58 Å². The molecule has 0 N–H and O–H groups in total. The molecule has 0 aromatic carbocycles. The summed E-state index contributed by atoms with van der Waals surface area (Å²) in [6, 6.07) is 0. The summed E-state index contributed by atoms with van der Waals surface area (Å²) < 4.78 is 22.8. The van der Waals surface area contributed by atoms with Crippen molar-refractivity contribution in [2.75, 3.05) is 0 Å². The second-order valence-corrected chi connectivity index (χ2v) is 8.57. The summed E-state index contributed by atoms with van der Waals surface area (Å²) in [7, 11) is 0. The maximum absolute atomic E-state index is 12.5. The van der Waals surface area contributed by atoms with Gasteiger partial charge in [-0.25, -0.2) is 4.79 Å². The molecule has 7 heteroatoms. The average molecular weight is 406 g/mol. The van der Waals surface area contributed by atoms with Crippen LogP contribution >= 0.6 is 0 Å². The predicted octanol–water partition coefficient (Wildman–Crippen LogP) is 2.87. The van der Waals surface area contributed by atoms with Crippen LogP contribution in [0.25, 0.3) is 0 Å². The highest BCUT2D eigenvalue weighted by Gasteiger charge is 2.58. The number of carbonyl (C=O) groups is 3. The largest absolute Gasteiger partial charge is 0.461 e. The lowest BCUT2D eigenvalue weighted by Crippen LogP contribution is -2.39. The topological polar surface area (TPSA) is 91.4 Å². The summed E-state index contributed by atoms with van der Waals surface area (Å²) in [6.07, 6.45) is 1.52. The van der Waals surface area contributed by atoms with Gasteiger partial charge in [-0.05, 0) is 31.9 Å². The number of esters is 3. The third kappa shape index (κ3) is 4.39. The van der Waals surface area contributed by atoms with E-state index in [0.717, 1.165) is 5.57 Å². The van der Waals surface area contributed by atoms with Gasteiger partial charge in [0.25, 0.3) is 0 Å². The molecule has 2 saturated heterocycles. The molecule has 2 heterocycles. The fourth-order valence-corrected chi connectivity index (χ4v) is 4.11. The first-order valence-electron chi connectivity index (χ1n) is 10.2. The first-order valence-corrected chi connectivity index (χ1v) is 10.2. The lowest BCUT2D eigenvalue weighted by Gasteiger charge is -2.30. The van der Waals surface area contributed by atoms with Crippen LogP contribution < -0.4 is 0 Å². The second kappa shape index (κ2) is 7.94. The summed E-state index contributed by atoms with van der Waals surface area (Å²) in [5.74, 6) is -1.95. The van der Waals surface area contributed by atoms with Crippen LogP contribution in [0.3, 0.4) is 0 Å². The Bertz CT molecular complexity index is 754. The van der Waals surface area contributed by atoms with E-state index in [9.17, 15) is 14.4 Å². The van der Waals surface area contributed by atoms with Gasteiger partial charge >= 0.3 is 17.9 Å². The second-order valence-electron chi connectivity index (χ2n) is 8.57. The Hall–Kier alpha value is -2.15. The number of epoxide rings is 1. The zero-order valence-electron chi connectivity index (χ0n) is 17.7. The maximum Gasteiger partial charge on any atom is 0.334 e. The third-order valence-corrected chi connectivity index (χ3v) is 6.26. The van der Waals surface area contributed by atoms with Crippen LogP contribution in [0.15, 0.2) is 23.8 Å². The molecule has 0 unspecified atom stereocenters. The van der Waals surface area contributed by atoms with E-state index in [1.165, 1.54) is 6.92 Å². The van der Waals surface area contributed by atoms with Gasteiger partial charge < -0.3 is 18.9 Å². The smallest absolute Gasteiger partial charge is 0.334 e. The van der Waals surface area contributed by atoms with Gasteiger partial charge in [-0.1, -0.05) is 20.4 Å². The van der Waals surface area contributed by atoms with Gasteiger partial charge in [-0.3, -0.25) is 9.59 Å². The lowest BCUT2D eigenvalue weighted by atomic mass is 9.82. The van der Waals surface area contributed by atoms with Gasteiger partial charge in [-0.15, -0.1) is 0 Å². The Kier molecular flexibility index (Phi) is 5.90. The van der Waals surface area contributed by atoms with E-state index < -0.39 is 35.8 Å². The van der Waals surface area contributed by atoms with Crippen LogP contribution in [0.2, 0.25) is 0 Å². The van der Waals surface area contributed by atoms with E-state index in [0.29, 0.717) is 19.3 Å². The van der Waals surface area contributed by atoms with Gasteiger partial charge in [0.1, 0.15) is 18.3 Å². The maximum atomic E-state index is 12.5. The van der Waals surface area contributed by atoms with Crippen LogP contribution in [-0.2, 0) is 33.3 Å². The Morgan fingerprint density at radius 2 is 2.07 bits per heavy atom. The minimum absolute atomic E-state index is 0.136. The Labute approximate surface area is 171 Å². The summed E-state index contributed by atoms with van der Waals surface area (Å²) in [5, 5.41) is 0. The highest BCUT2D eigenvalue weighted by molar-refractivity contribution is 5.91. The molecule has 0 saturated carbocycles. The van der Waals surface area contributed by atoms with E-state index >= 15 is 0 Å². The van der Waals surface area contributed by atoms with E-state index in [1.807, 2.05) is 27.7 Å². The van der Waals surface area contributed by atoms with Crippen LogP contribution in [0.4, 0.5) is 0 Å². The van der Waals surface area contributed by atoms with Gasteiger partial charge in [0.05, 0.1) is 23.5 Å². The Morgan fingerprint density at radius 3 is 2.69 bits per heavy atom. The zero-order chi connectivity index (χ0) is 21.5. The zero-order valence-corrected chi connectivity index (χ0v) is 17.7. The molecule has 7 atom stereocenters. The molecule has 29 heavy (non-hydrogen) atoms. The summed E-state index contributed by atoms with van der Waals surface area (Å²) in [4.78, 5) is 36.4. The first-order chi connectivity index (χ1) is 13.6. The molecule has 0 amide bonds. The van der Waals surface area contributed by atoms with Crippen molar-refractivity contribution in [3.8, 4) is 0 Å². The van der Waals surface area contributed by atoms with Gasteiger partial charge in [-0.2, -0.15) is 0 Å². The highest BCUT2D eigenvalue weighted by atomic mass is 16.6. The normalized spacial score (nSPS) is 39.2. The molecule has 0 aromatic rings. The summed E-state index contributed by atoms with van der Waals surface area (Å²) >= 11 is 0. The molecule has 0 spiro atoms. The van der Waals surface area contributed by atoms with Gasteiger partial charge in [0.2, 0.25) is 0 Å². The number of hydrogen-bond donors (Lipinski definition) is 0. The molecule has 0 radical (unpaired) electrons. The molecule has 1 aliphatic carbocycles. The van der Waals surface area contributed by atoms with E-state index in [1.54, 1.807) is 6.08 Å². The van der Waals surface area contributed by atoms with Crippen molar-refractivity contribution in [3.63, 3.8) is 0 Å². The van der Waals surface area contributed by atoms with Crippen molar-refractivity contribution in [3.05, 3.63) is 23.8 Å². The SMILES string of the molecule is C=C1C(=O)O[C@@H]2/C=C(/C)[C@@H](OC(C)=O)C[C@H]3O[C@]3(C)C[C@@H](OC(=O)[C@H](C)CC)[C@@H]12. The summed E-state index contributed by atoms with van der Waals surface area (Å²) in [5.41, 5.74) is 0.517. The fraction of sp³-hybridized carbons (Fsp3) is 0.682. The standard InChI is InChI=1S/C22H30O7/c1-7-11(2)20(24)28-17-10-22(6)18(29-22)9-15(26-14(5)23)12(3)8-16-19(17)13(4)21(25)27-16/h8,11,15-19H,4,7,9-10H2,1-3,5-6H3/b12-8-/t11-,15+,16-,17-,18-,19+,22-/m1/s1. The molecule has 3 rings (SSSR count). The molecular weight excluding hydrogens is 376 g/mol. The minimum atomic E-state index is -0.637. The number of rotatable bonds is 4. The van der Waals surface area contributed by atoms with Crippen LogP contribution in [0.1, 0.15) is 53.9 Å². The van der Waals surface area contributed by atoms with Crippen LogP contribution in [0.5, 0.6) is 0 Å². The molecule has 0 aromatic heterocycles. The predicted molar refractivity (Wildman–Crippen MR) is 104 cm³/mol. The van der Waals surface area contributed by atoms with Crippen molar-refractivity contribution < 1.29 is 33.3 Å². The van der Waals surface area contributed by atoms with E-state index in [-0.39, 0.29) is 29.5 Å². The lowest BCUT2D eigenvalue weighted by molar-refractivity contribution is -0.157. The average Bonchev–Trinajstić information content (AvgIpc) is 3.17. The monoisotopic (exact) mass is 406 g/mol. The minimum Gasteiger partial charge on any atom is -0.461 e. The molecule has 0 bridgehead atoms. The Morgan fingerprint density at radius 1 is 1.38 bits per heavy atom. The number of fused-ring (bicyclic) bond motifs is 2. The van der Waals surface area contributed by atoms with Gasteiger partial charge in [0.15, 0.2) is 0 Å². The van der Waals surface area contributed by atoms with Crippen molar-refractivity contribution >= 4 is 17.9 Å². The number of ether oxygens (including phenoxy) is 4. The number of hydrogen-bond acceptors (Lipinski definition) is 7. The molecule has 160 valence electrons. The van der Waals surface area contributed by atoms with Crippen molar-refractivity contribution in [2.45, 2.75) is 83.9 Å². The number of carbonyl (C=O) groups excluding carboxylic acids is 3. The third-order valence-electron chi connectivity index (χ3n) is 6.26. The van der Waals surface area contributed by atoms with Crippen molar-refractivity contribution in [2.24, 2.45) is 11.8 Å². The van der Waals surface area contributed by atoms with Crippen molar-refractivity contribution in [1.82, 2.24) is 0 Å². The Balaban J connectivity index is 1.96. The summed E-state index contributed by atoms with van der Waals surface area (Å²) in [6.45, 7) is 12.8.